The number of aromatic nitrogens is 1. The van der Waals surface area contributed by atoms with Crippen molar-refractivity contribution in [1.82, 2.24) is 14.8 Å². The van der Waals surface area contributed by atoms with Crippen molar-refractivity contribution in [3.63, 3.8) is 0 Å². The standard InChI is InChI=1S/C31H32N4O2/c1-24(36)34-19-18-33(21-25(22-34)20-27-11-8-10-26-12-9-17-32-31(26)27)23-30(37)35(28-13-4-2-5-14-28)29-15-6-3-7-16-29/h2-17,25H,18-23H2,1H3/t25-/m0/s1. The first-order valence-electron chi connectivity index (χ1n) is 12.8. The fourth-order valence-electron chi connectivity index (χ4n) is 5.23. The summed E-state index contributed by atoms with van der Waals surface area (Å²) in [5.41, 5.74) is 3.87. The molecule has 2 amide bonds. The number of rotatable bonds is 6. The van der Waals surface area contributed by atoms with E-state index in [2.05, 4.69) is 34.1 Å². The lowest BCUT2D eigenvalue weighted by atomic mass is 9.96. The Bertz CT molecular complexity index is 1310. The van der Waals surface area contributed by atoms with Gasteiger partial charge >= 0.3 is 0 Å². The van der Waals surface area contributed by atoms with Gasteiger partial charge in [0.1, 0.15) is 0 Å². The van der Waals surface area contributed by atoms with E-state index in [1.807, 2.05) is 77.8 Å². The average molecular weight is 493 g/mol. The monoisotopic (exact) mass is 492 g/mol. The fourth-order valence-corrected chi connectivity index (χ4v) is 5.23. The van der Waals surface area contributed by atoms with E-state index in [0.717, 1.165) is 35.2 Å². The van der Waals surface area contributed by atoms with Crippen molar-refractivity contribution in [1.29, 1.82) is 0 Å². The van der Waals surface area contributed by atoms with Crippen molar-refractivity contribution in [2.24, 2.45) is 5.92 Å². The van der Waals surface area contributed by atoms with E-state index in [-0.39, 0.29) is 24.3 Å². The maximum atomic E-state index is 13.8. The molecule has 0 spiro atoms. The lowest BCUT2D eigenvalue weighted by Crippen LogP contribution is -2.41. The highest BCUT2D eigenvalue weighted by Crippen LogP contribution is 2.26. The van der Waals surface area contributed by atoms with E-state index < -0.39 is 0 Å². The fraction of sp³-hybridized carbons (Fsp3) is 0.258. The second-order valence-electron chi connectivity index (χ2n) is 9.66. The van der Waals surface area contributed by atoms with Crippen LogP contribution in [0.1, 0.15) is 12.5 Å². The number of benzene rings is 3. The number of hydrogen-bond acceptors (Lipinski definition) is 4. The van der Waals surface area contributed by atoms with Gasteiger partial charge in [-0.3, -0.25) is 24.4 Å². The highest BCUT2D eigenvalue weighted by atomic mass is 16.2. The zero-order chi connectivity index (χ0) is 25.6. The normalized spacial score (nSPS) is 16.4. The second kappa shape index (κ2) is 11.4. The molecule has 1 aliphatic heterocycles. The van der Waals surface area contributed by atoms with E-state index >= 15 is 0 Å². The Kier molecular flexibility index (Phi) is 7.57. The Hall–Kier alpha value is -4.03. The van der Waals surface area contributed by atoms with Gasteiger partial charge < -0.3 is 4.90 Å². The zero-order valence-corrected chi connectivity index (χ0v) is 21.2. The number of pyridine rings is 1. The molecule has 0 saturated carbocycles. The molecule has 1 fully saturated rings. The molecule has 4 aromatic rings. The first-order chi connectivity index (χ1) is 18.1. The summed E-state index contributed by atoms with van der Waals surface area (Å²) < 4.78 is 0. The van der Waals surface area contributed by atoms with Crippen LogP contribution >= 0.6 is 0 Å². The SMILES string of the molecule is CC(=O)N1CCN(CC(=O)N(c2ccccc2)c2ccccc2)C[C@H](Cc2cccc3cccnc23)C1. The summed E-state index contributed by atoms with van der Waals surface area (Å²) in [6.07, 6.45) is 2.62. The minimum atomic E-state index is 0.0132. The van der Waals surface area contributed by atoms with E-state index in [9.17, 15) is 9.59 Å². The lowest BCUT2D eigenvalue weighted by Gasteiger charge is -2.28. The van der Waals surface area contributed by atoms with Crippen LogP contribution in [-0.4, -0.2) is 59.3 Å². The molecule has 37 heavy (non-hydrogen) atoms. The molecule has 1 saturated heterocycles. The van der Waals surface area contributed by atoms with Crippen LogP contribution in [0.15, 0.2) is 97.2 Å². The van der Waals surface area contributed by atoms with Gasteiger partial charge in [-0.2, -0.15) is 0 Å². The summed E-state index contributed by atoms with van der Waals surface area (Å²) in [5, 5.41) is 1.12. The van der Waals surface area contributed by atoms with Crippen molar-refractivity contribution in [2.45, 2.75) is 13.3 Å². The van der Waals surface area contributed by atoms with Crippen LogP contribution in [-0.2, 0) is 16.0 Å². The first kappa shape index (κ1) is 24.7. The molecular formula is C31H32N4O2. The van der Waals surface area contributed by atoms with Gasteiger partial charge in [0.2, 0.25) is 11.8 Å². The first-order valence-corrected chi connectivity index (χ1v) is 12.8. The summed E-state index contributed by atoms with van der Waals surface area (Å²) in [6, 6.07) is 29.8. The molecular weight excluding hydrogens is 460 g/mol. The minimum Gasteiger partial charge on any atom is -0.341 e. The molecule has 0 radical (unpaired) electrons. The number of amides is 2. The highest BCUT2D eigenvalue weighted by Gasteiger charge is 2.28. The van der Waals surface area contributed by atoms with Crippen molar-refractivity contribution < 1.29 is 9.59 Å². The summed E-state index contributed by atoms with van der Waals surface area (Å²) >= 11 is 0. The molecule has 0 bridgehead atoms. The van der Waals surface area contributed by atoms with Crippen LogP contribution in [0.5, 0.6) is 0 Å². The van der Waals surface area contributed by atoms with E-state index in [1.54, 1.807) is 11.8 Å². The number of nitrogens with zero attached hydrogens (tertiary/aromatic N) is 4. The summed E-state index contributed by atoms with van der Waals surface area (Å²) in [4.78, 5) is 36.7. The molecule has 188 valence electrons. The molecule has 1 atom stereocenters. The quantitative estimate of drug-likeness (QED) is 0.383. The van der Waals surface area contributed by atoms with Crippen LogP contribution in [0.25, 0.3) is 10.9 Å². The van der Waals surface area contributed by atoms with E-state index in [4.69, 9.17) is 0 Å². The summed E-state index contributed by atoms with van der Waals surface area (Å²) in [5.74, 6) is 0.275. The molecule has 0 N–H and O–H groups in total. The maximum Gasteiger partial charge on any atom is 0.245 e. The predicted octanol–water partition coefficient (Wildman–Crippen LogP) is 4.92. The number of para-hydroxylation sites is 3. The largest absolute Gasteiger partial charge is 0.341 e. The van der Waals surface area contributed by atoms with Gasteiger partial charge in [-0.25, -0.2) is 0 Å². The molecule has 0 aliphatic carbocycles. The van der Waals surface area contributed by atoms with Crippen LogP contribution < -0.4 is 4.90 Å². The molecule has 3 aromatic carbocycles. The molecule has 1 aliphatic rings. The number of carbonyl (C=O) groups excluding carboxylic acids is 2. The Morgan fingerprint density at radius 1 is 0.838 bits per heavy atom. The van der Waals surface area contributed by atoms with Gasteiger partial charge in [-0.05, 0) is 48.2 Å². The Morgan fingerprint density at radius 3 is 2.19 bits per heavy atom. The maximum absolute atomic E-state index is 13.8. The zero-order valence-electron chi connectivity index (χ0n) is 21.2. The number of anilines is 2. The van der Waals surface area contributed by atoms with Gasteiger partial charge in [0.05, 0.1) is 12.1 Å². The second-order valence-corrected chi connectivity index (χ2v) is 9.66. The average Bonchev–Trinajstić information content (AvgIpc) is 3.12. The summed E-state index contributed by atoms with van der Waals surface area (Å²) in [6.45, 7) is 4.58. The van der Waals surface area contributed by atoms with E-state index in [0.29, 0.717) is 19.6 Å². The molecule has 5 rings (SSSR count). The third-order valence-electron chi connectivity index (χ3n) is 6.99. The lowest BCUT2D eigenvalue weighted by molar-refractivity contribution is -0.129. The predicted molar refractivity (Wildman–Crippen MR) is 148 cm³/mol. The number of hydrogen-bond donors (Lipinski definition) is 0. The van der Waals surface area contributed by atoms with Crippen LogP contribution in [0.3, 0.4) is 0 Å². The van der Waals surface area contributed by atoms with Crippen LogP contribution in [0, 0.1) is 5.92 Å². The van der Waals surface area contributed by atoms with Crippen molar-refractivity contribution in [2.75, 3.05) is 37.6 Å². The van der Waals surface area contributed by atoms with Crippen molar-refractivity contribution in [3.8, 4) is 0 Å². The molecule has 2 heterocycles. The Morgan fingerprint density at radius 2 is 1.51 bits per heavy atom. The number of carbonyl (C=O) groups is 2. The molecule has 6 heteroatoms. The van der Waals surface area contributed by atoms with E-state index in [1.165, 1.54) is 5.56 Å². The van der Waals surface area contributed by atoms with Crippen molar-refractivity contribution >= 4 is 34.1 Å². The van der Waals surface area contributed by atoms with Crippen molar-refractivity contribution in [3.05, 3.63) is 103 Å². The minimum absolute atomic E-state index is 0.0132. The van der Waals surface area contributed by atoms with Crippen LogP contribution in [0.2, 0.25) is 0 Å². The smallest absolute Gasteiger partial charge is 0.245 e. The summed E-state index contributed by atoms with van der Waals surface area (Å²) in [7, 11) is 0. The molecule has 0 unspecified atom stereocenters. The molecule has 1 aromatic heterocycles. The number of fused-ring (bicyclic) bond motifs is 1. The third kappa shape index (κ3) is 5.87. The highest BCUT2D eigenvalue weighted by molar-refractivity contribution is 6.01. The Balaban J connectivity index is 1.39. The van der Waals surface area contributed by atoms with Gasteiger partial charge in [0.25, 0.3) is 0 Å². The van der Waals surface area contributed by atoms with Gasteiger partial charge in [0, 0.05) is 56.1 Å². The van der Waals surface area contributed by atoms with Gasteiger partial charge in [-0.1, -0.05) is 60.7 Å². The van der Waals surface area contributed by atoms with Gasteiger partial charge in [-0.15, -0.1) is 0 Å². The van der Waals surface area contributed by atoms with Crippen LogP contribution in [0.4, 0.5) is 11.4 Å². The topological polar surface area (TPSA) is 56.8 Å². The Labute approximate surface area is 218 Å². The molecule has 6 nitrogen and oxygen atoms in total. The van der Waals surface area contributed by atoms with Gasteiger partial charge in [0.15, 0.2) is 0 Å². The third-order valence-corrected chi connectivity index (χ3v) is 6.99.